The zero-order valence-electron chi connectivity index (χ0n) is 13.4. The molecule has 1 N–H and O–H groups in total. The summed E-state index contributed by atoms with van der Waals surface area (Å²) in [5.41, 5.74) is 0.244. The Bertz CT molecular complexity index is 916. The van der Waals surface area contributed by atoms with Crippen molar-refractivity contribution in [3.05, 3.63) is 35.6 Å². The van der Waals surface area contributed by atoms with Gasteiger partial charge in [-0.25, -0.2) is 12.8 Å². The van der Waals surface area contributed by atoms with Crippen LogP contribution in [0.5, 0.6) is 0 Å². The molecule has 0 aliphatic carbocycles. The second-order valence-corrected chi connectivity index (χ2v) is 7.87. The van der Waals surface area contributed by atoms with Crippen molar-refractivity contribution in [2.45, 2.75) is 30.3 Å². The van der Waals surface area contributed by atoms with E-state index in [0.717, 1.165) is 10.4 Å². The van der Waals surface area contributed by atoms with E-state index in [1.54, 1.807) is 0 Å². The number of β-amino-alcohol motifs (C(OH)–C–C–N with tert-alkyl or cyclic N) is 1. The van der Waals surface area contributed by atoms with Crippen molar-refractivity contribution in [1.29, 1.82) is 0 Å². The molecule has 11 heteroatoms. The van der Waals surface area contributed by atoms with E-state index in [-0.39, 0.29) is 16.2 Å². The minimum atomic E-state index is -4.72. The SMILES string of the molecule is Cc1ccc(-c2cc(C(F)(F)F)on2)cc1S(=O)(=O)N1C[C@@H](O)[C@H](F)C1. The molecule has 1 fully saturated rings. The van der Waals surface area contributed by atoms with Crippen LogP contribution >= 0.6 is 0 Å². The molecule has 3 rings (SSSR count). The molecule has 1 aliphatic rings. The van der Waals surface area contributed by atoms with Crippen LogP contribution in [0.2, 0.25) is 0 Å². The largest absolute Gasteiger partial charge is 0.452 e. The average molecular weight is 394 g/mol. The second kappa shape index (κ2) is 6.32. The molecule has 2 atom stereocenters. The van der Waals surface area contributed by atoms with Crippen LogP contribution in [0, 0.1) is 6.92 Å². The number of hydrogen-bond donors (Lipinski definition) is 1. The van der Waals surface area contributed by atoms with Gasteiger partial charge in [0.05, 0.1) is 4.90 Å². The number of aromatic nitrogens is 1. The monoisotopic (exact) mass is 394 g/mol. The van der Waals surface area contributed by atoms with Crippen molar-refractivity contribution in [2.75, 3.05) is 13.1 Å². The van der Waals surface area contributed by atoms with Crippen LogP contribution in [0.15, 0.2) is 33.7 Å². The first-order valence-corrected chi connectivity index (χ1v) is 8.91. The molecule has 1 aliphatic heterocycles. The lowest BCUT2D eigenvalue weighted by Gasteiger charge is -2.17. The van der Waals surface area contributed by atoms with Gasteiger partial charge in [-0.2, -0.15) is 17.5 Å². The van der Waals surface area contributed by atoms with Gasteiger partial charge in [0, 0.05) is 24.7 Å². The van der Waals surface area contributed by atoms with Crippen LogP contribution in [-0.2, 0) is 16.2 Å². The number of aliphatic hydroxyl groups excluding tert-OH is 1. The highest BCUT2D eigenvalue weighted by molar-refractivity contribution is 7.89. The third kappa shape index (κ3) is 3.33. The quantitative estimate of drug-likeness (QED) is 0.809. The minimum Gasteiger partial charge on any atom is -0.389 e. The zero-order chi connectivity index (χ0) is 19.3. The second-order valence-electron chi connectivity index (χ2n) is 5.96. The highest BCUT2D eigenvalue weighted by Crippen LogP contribution is 2.34. The van der Waals surface area contributed by atoms with E-state index in [1.807, 2.05) is 0 Å². The van der Waals surface area contributed by atoms with Crippen molar-refractivity contribution in [1.82, 2.24) is 9.46 Å². The Morgan fingerprint density at radius 3 is 2.50 bits per heavy atom. The number of alkyl halides is 4. The summed E-state index contributed by atoms with van der Waals surface area (Å²) >= 11 is 0. The molecule has 0 spiro atoms. The molecule has 0 unspecified atom stereocenters. The van der Waals surface area contributed by atoms with Gasteiger partial charge in [-0.15, -0.1) is 0 Å². The summed E-state index contributed by atoms with van der Waals surface area (Å²) in [4.78, 5) is -0.201. The van der Waals surface area contributed by atoms with Crippen LogP contribution in [0.3, 0.4) is 0 Å². The van der Waals surface area contributed by atoms with Gasteiger partial charge in [-0.3, -0.25) is 0 Å². The van der Waals surface area contributed by atoms with E-state index < -0.39 is 47.3 Å². The summed E-state index contributed by atoms with van der Waals surface area (Å²) in [5.74, 6) is -1.31. The van der Waals surface area contributed by atoms with Crippen molar-refractivity contribution in [2.24, 2.45) is 0 Å². The van der Waals surface area contributed by atoms with E-state index in [0.29, 0.717) is 11.6 Å². The van der Waals surface area contributed by atoms with E-state index in [2.05, 4.69) is 9.68 Å². The summed E-state index contributed by atoms with van der Waals surface area (Å²) in [6.45, 7) is 0.616. The number of sulfonamides is 1. The fraction of sp³-hybridized carbons (Fsp3) is 0.400. The van der Waals surface area contributed by atoms with Gasteiger partial charge in [0.2, 0.25) is 15.8 Å². The Labute approximate surface area is 146 Å². The average Bonchev–Trinajstić information content (AvgIpc) is 3.15. The number of nitrogens with zero attached hydrogens (tertiary/aromatic N) is 2. The van der Waals surface area contributed by atoms with Crippen LogP contribution in [-0.4, -0.2) is 48.4 Å². The number of aryl methyl sites for hydroxylation is 1. The van der Waals surface area contributed by atoms with Gasteiger partial charge in [-0.05, 0) is 18.6 Å². The van der Waals surface area contributed by atoms with Gasteiger partial charge >= 0.3 is 6.18 Å². The predicted octanol–water partition coefficient (Wildman–Crippen LogP) is 2.37. The fourth-order valence-corrected chi connectivity index (χ4v) is 4.35. The number of hydrogen-bond acceptors (Lipinski definition) is 5. The lowest BCUT2D eigenvalue weighted by atomic mass is 10.1. The summed E-state index contributed by atoms with van der Waals surface area (Å²) in [6, 6.07) is 4.63. The molecule has 1 saturated heterocycles. The Morgan fingerprint density at radius 2 is 1.96 bits per heavy atom. The first-order valence-electron chi connectivity index (χ1n) is 7.47. The molecule has 0 amide bonds. The molecule has 2 heterocycles. The summed E-state index contributed by atoms with van der Waals surface area (Å²) in [5, 5.41) is 12.8. The lowest BCUT2D eigenvalue weighted by molar-refractivity contribution is -0.155. The van der Waals surface area contributed by atoms with E-state index in [1.165, 1.54) is 19.1 Å². The first kappa shape index (κ1) is 18.8. The molecule has 0 radical (unpaired) electrons. The van der Waals surface area contributed by atoms with Crippen LogP contribution in [0.1, 0.15) is 11.3 Å². The molecular weight excluding hydrogens is 380 g/mol. The van der Waals surface area contributed by atoms with Crippen LogP contribution in [0.25, 0.3) is 11.3 Å². The molecule has 6 nitrogen and oxygen atoms in total. The maximum Gasteiger partial charge on any atom is 0.452 e. The normalized spacial score (nSPS) is 22.1. The number of rotatable bonds is 3. The molecule has 1 aromatic carbocycles. The van der Waals surface area contributed by atoms with Crippen LogP contribution < -0.4 is 0 Å². The smallest absolute Gasteiger partial charge is 0.389 e. The number of halogens is 4. The maximum absolute atomic E-state index is 13.5. The molecule has 0 saturated carbocycles. The van der Waals surface area contributed by atoms with Gasteiger partial charge in [-0.1, -0.05) is 17.3 Å². The van der Waals surface area contributed by atoms with E-state index in [4.69, 9.17) is 0 Å². The summed E-state index contributed by atoms with van der Waals surface area (Å²) in [7, 11) is -4.13. The van der Waals surface area contributed by atoms with Crippen molar-refractivity contribution in [3.8, 4) is 11.3 Å². The fourth-order valence-electron chi connectivity index (χ4n) is 2.63. The number of aliphatic hydroxyl groups is 1. The molecule has 26 heavy (non-hydrogen) atoms. The standard InChI is InChI=1S/C15H14F4N2O4S/c1-8-2-3-9(11-5-14(25-20-11)15(17,18)19)4-13(8)26(23,24)21-6-10(16)12(22)7-21/h2-5,10,12,22H,6-7H2,1H3/t10-,12-/m1/s1. The molecule has 142 valence electrons. The van der Waals surface area contributed by atoms with Gasteiger partial charge in [0.25, 0.3) is 0 Å². The molecule has 2 aromatic rings. The first-order chi connectivity index (χ1) is 12.0. The highest BCUT2D eigenvalue weighted by atomic mass is 32.2. The van der Waals surface area contributed by atoms with Gasteiger partial charge in [0.1, 0.15) is 18.0 Å². The third-order valence-electron chi connectivity index (χ3n) is 4.08. The van der Waals surface area contributed by atoms with E-state index in [9.17, 15) is 31.1 Å². The molecule has 1 aromatic heterocycles. The Kier molecular flexibility index (Phi) is 4.57. The van der Waals surface area contributed by atoms with E-state index >= 15 is 0 Å². The predicted molar refractivity (Wildman–Crippen MR) is 81.3 cm³/mol. The van der Waals surface area contributed by atoms with Crippen molar-refractivity contribution < 1.29 is 35.6 Å². The highest BCUT2D eigenvalue weighted by Gasteiger charge is 2.39. The van der Waals surface area contributed by atoms with Gasteiger partial charge < -0.3 is 9.63 Å². The minimum absolute atomic E-state index is 0.102. The number of benzene rings is 1. The summed E-state index contributed by atoms with van der Waals surface area (Å²) in [6.07, 6.45) is -7.83. The Morgan fingerprint density at radius 1 is 1.27 bits per heavy atom. The Hall–Kier alpha value is -1.98. The maximum atomic E-state index is 13.5. The lowest BCUT2D eigenvalue weighted by Crippen LogP contribution is -2.30. The molecule has 0 bridgehead atoms. The van der Waals surface area contributed by atoms with Crippen molar-refractivity contribution in [3.63, 3.8) is 0 Å². The summed E-state index contributed by atoms with van der Waals surface area (Å²) < 4.78 is 81.9. The van der Waals surface area contributed by atoms with Crippen LogP contribution in [0.4, 0.5) is 17.6 Å². The van der Waals surface area contributed by atoms with Crippen molar-refractivity contribution >= 4 is 10.0 Å². The Balaban J connectivity index is 1.99. The topological polar surface area (TPSA) is 83.6 Å². The van der Waals surface area contributed by atoms with Gasteiger partial charge in [0.15, 0.2) is 0 Å². The molecular formula is C15H14F4N2O4S. The third-order valence-corrected chi connectivity index (χ3v) is 6.05. The zero-order valence-corrected chi connectivity index (χ0v) is 14.2.